The van der Waals surface area contributed by atoms with Gasteiger partial charge in [-0.3, -0.25) is 0 Å². The monoisotopic (exact) mass is 182 g/mol. The van der Waals surface area contributed by atoms with Crippen LogP contribution in [-0.2, 0) is 0 Å². The molecule has 4 unspecified atom stereocenters. The van der Waals surface area contributed by atoms with Gasteiger partial charge in [0.1, 0.15) is 0 Å². The van der Waals surface area contributed by atoms with Crippen LogP contribution in [0.1, 0.15) is 47.0 Å². The van der Waals surface area contributed by atoms with Gasteiger partial charge >= 0.3 is 0 Å². The van der Waals surface area contributed by atoms with E-state index in [0.29, 0.717) is 16.7 Å². The summed E-state index contributed by atoms with van der Waals surface area (Å²) in [6.07, 6.45) is 3.54. The minimum Gasteiger partial charge on any atom is -0.393 e. The minimum atomic E-state index is -0.0504. The molecule has 3 rings (SSSR count). The van der Waals surface area contributed by atoms with Gasteiger partial charge in [-0.05, 0) is 41.9 Å². The zero-order valence-corrected chi connectivity index (χ0v) is 9.30. The fourth-order valence-corrected chi connectivity index (χ4v) is 4.08. The standard InChI is InChI=1S/C12H22O/c1-5-9(13)10-8-6-7-12(10,4)11(8,2)3/h8-10,13H,5-7H2,1-4H3. The Morgan fingerprint density at radius 2 is 2.00 bits per heavy atom. The highest BCUT2D eigenvalue weighted by Crippen LogP contribution is 2.74. The van der Waals surface area contributed by atoms with E-state index in [1.165, 1.54) is 12.8 Å². The third kappa shape index (κ3) is 0.869. The fourth-order valence-electron chi connectivity index (χ4n) is 4.08. The molecule has 1 nitrogen and oxygen atoms in total. The predicted molar refractivity (Wildman–Crippen MR) is 54.4 cm³/mol. The fraction of sp³-hybridized carbons (Fsp3) is 1.00. The Balaban J connectivity index is 2.21. The lowest BCUT2D eigenvalue weighted by molar-refractivity contribution is -0.167. The van der Waals surface area contributed by atoms with Crippen LogP contribution in [0.5, 0.6) is 0 Å². The van der Waals surface area contributed by atoms with Crippen molar-refractivity contribution in [3.63, 3.8) is 0 Å². The Labute approximate surface area is 81.5 Å². The molecule has 3 fully saturated rings. The number of hydrogen-bond acceptors (Lipinski definition) is 1. The molecule has 1 N–H and O–H groups in total. The Morgan fingerprint density at radius 1 is 1.38 bits per heavy atom. The Morgan fingerprint density at radius 3 is 2.31 bits per heavy atom. The van der Waals surface area contributed by atoms with E-state index in [1.807, 2.05) is 0 Å². The molecule has 4 atom stereocenters. The van der Waals surface area contributed by atoms with Crippen molar-refractivity contribution in [2.45, 2.75) is 53.1 Å². The highest BCUT2D eigenvalue weighted by molar-refractivity contribution is 5.17. The van der Waals surface area contributed by atoms with Gasteiger partial charge in [0, 0.05) is 0 Å². The van der Waals surface area contributed by atoms with E-state index in [0.717, 1.165) is 12.3 Å². The molecular formula is C12H22O. The lowest BCUT2D eigenvalue weighted by Crippen LogP contribution is -2.58. The molecule has 3 aliphatic rings. The minimum absolute atomic E-state index is 0.0504. The highest BCUT2D eigenvalue weighted by Gasteiger charge is 2.69. The summed E-state index contributed by atoms with van der Waals surface area (Å²) in [4.78, 5) is 0. The zero-order chi connectivity index (χ0) is 9.85. The molecule has 0 aromatic rings. The van der Waals surface area contributed by atoms with Crippen molar-refractivity contribution < 1.29 is 5.11 Å². The maximum absolute atomic E-state index is 9.96. The van der Waals surface area contributed by atoms with Gasteiger partial charge in [-0.15, -0.1) is 0 Å². The second-order valence-corrected chi connectivity index (χ2v) is 5.79. The Kier molecular flexibility index (Phi) is 1.83. The molecule has 1 heteroatoms. The maximum atomic E-state index is 9.96. The molecule has 3 aliphatic carbocycles. The van der Waals surface area contributed by atoms with Crippen LogP contribution in [0.25, 0.3) is 0 Å². The van der Waals surface area contributed by atoms with Gasteiger partial charge in [0.05, 0.1) is 6.10 Å². The van der Waals surface area contributed by atoms with Crippen LogP contribution in [0.3, 0.4) is 0 Å². The van der Waals surface area contributed by atoms with Crippen LogP contribution in [0.15, 0.2) is 0 Å². The molecular weight excluding hydrogens is 160 g/mol. The van der Waals surface area contributed by atoms with Gasteiger partial charge in [0.25, 0.3) is 0 Å². The second-order valence-electron chi connectivity index (χ2n) is 5.79. The highest BCUT2D eigenvalue weighted by atomic mass is 16.3. The van der Waals surface area contributed by atoms with Crippen LogP contribution >= 0.6 is 0 Å². The number of hydrogen-bond donors (Lipinski definition) is 1. The van der Waals surface area contributed by atoms with Gasteiger partial charge < -0.3 is 5.11 Å². The van der Waals surface area contributed by atoms with Crippen LogP contribution in [0, 0.1) is 22.7 Å². The average molecular weight is 182 g/mol. The third-order valence-electron chi connectivity index (χ3n) is 5.38. The normalized spacial score (nSPS) is 48.7. The zero-order valence-electron chi connectivity index (χ0n) is 9.30. The average Bonchev–Trinajstić information content (AvgIpc) is 2.54. The smallest absolute Gasteiger partial charge is 0.0574 e. The molecule has 0 aliphatic heterocycles. The van der Waals surface area contributed by atoms with E-state index in [1.54, 1.807) is 0 Å². The second kappa shape index (κ2) is 2.50. The topological polar surface area (TPSA) is 20.2 Å². The summed E-state index contributed by atoms with van der Waals surface area (Å²) in [5.74, 6) is 1.37. The van der Waals surface area contributed by atoms with Crippen molar-refractivity contribution >= 4 is 0 Å². The van der Waals surface area contributed by atoms with Crippen molar-refractivity contribution in [2.75, 3.05) is 0 Å². The molecule has 0 amide bonds. The molecule has 3 saturated carbocycles. The lowest BCUT2D eigenvalue weighted by atomic mass is 9.44. The van der Waals surface area contributed by atoms with Crippen molar-refractivity contribution in [3.05, 3.63) is 0 Å². The van der Waals surface area contributed by atoms with Crippen LogP contribution in [-0.4, -0.2) is 11.2 Å². The number of aliphatic hydroxyl groups excluding tert-OH is 1. The summed E-state index contributed by atoms with van der Waals surface area (Å²) in [7, 11) is 0. The van der Waals surface area contributed by atoms with E-state index in [-0.39, 0.29) is 6.10 Å². The van der Waals surface area contributed by atoms with E-state index in [2.05, 4.69) is 27.7 Å². The molecule has 0 saturated heterocycles. The largest absolute Gasteiger partial charge is 0.393 e. The van der Waals surface area contributed by atoms with Gasteiger partial charge in [-0.25, -0.2) is 0 Å². The van der Waals surface area contributed by atoms with E-state index in [4.69, 9.17) is 0 Å². The van der Waals surface area contributed by atoms with Crippen LogP contribution in [0.2, 0.25) is 0 Å². The first-order valence-electron chi connectivity index (χ1n) is 5.63. The summed E-state index contributed by atoms with van der Waals surface area (Å²) >= 11 is 0. The van der Waals surface area contributed by atoms with Crippen molar-refractivity contribution in [2.24, 2.45) is 22.7 Å². The molecule has 0 aromatic heterocycles. The molecule has 13 heavy (non-hydrogen) atoms. The number of fused-ring (bicyclic) bond motifs is 1. The number of rotatable bonds is 2. The molecule has 76 valence electrons. The first-order chi connectivity index (χ1) is 5.95. The van der Waals surface area contributed by atoms with E-state index < -0.39 is 0 Å². The predicted octanol–water partition coefficient (Wildman–Crippen LogP) is 2.83. The third-order valence-corrected chi connectivity index (χ3v) is 5.38. The Bertz CT molecular complexity index is 221. The summed E-state index contributed by atoms with van der Waals surface area (Å²) in [6, 6.07) is 0. The van der Waals surface area contributed by atoms with E-state index >= 15 is 0 Å². The van der Waals surface area contributed by atoms with Gasteiger partial charge in [0.2, 0.25) is 0 Å². The maximum Gasteiger partial charge on any atom is 0.0574 e. The first kappa shape index (κ1) is 9.51. The molecule has 0 heterocycles. The van der Waals surface area contributed by atoms with Crippen molar-refractivity contribution in [1.82, 2.24) is 0 Å². The summed E-state index contributed by atoms with van der Waals surface area (Å²) < 4.78 is 0. The van der Waals surface area contributed by atoms with Crippen LogP contribution in [0.4, 0.5) is 0 Å². The molecule has 0 aromatic carbocycles. The quantitative estimate of drug-likeness (QED) is 0.696. The number of aliphatic hydroxyl groups is 1. The lowest BCUT2D eigenvalue weighted by Gasteiger charge is -2.61. The SMILES string of the molecule is CCC(O)C1C2CCC1(C)C2(C)C. The van der Waals surface area contributed by atoms with Crippen molar-refractivity contribution in [1.29, 1.82) is 0 Å². The van der Waals surface area contributed by atoms with Gasteiger partial charge in [-0.2, -0.15) is 0 Å². The van der Waals surface area contributed by atoms with Crippen molar-refractivity contribution in [3.8, 4) is 0 Å². The summed E-state index contributed by atoms with van der Waals surface area (Å²) in [6.45, 7) is 9.23. The Hall–Kier alpha value is -0.0400. The summed E-state index contributed by atoms with van der Waals surface area (Å²) in [5, 5.41) is 9.96. The molecule has 0 radical (unpaired) electrons. The molecule has 2 bridgehead atoms. The van der Waals surface area contributed by atoms with Crippen LogP contribution < -0.4 is 0 Å². The van der Waals surface area contributed by atoms with Gasteiger partial charge in [-0.1, -0.05) is 27.7 Å². The molecule has 0 spiro atoms. The van der Waals surface area contributed by atoms with E-state index in [9.17, 15) is 5.11 Å². The first-order valence-corrected chi connectivity index (χ1v) is 5.63. The van der Waals surface area contributed by atoms with Gasteiger partial charge in [0.15, 0.2) is 0 Å². The summed E-state index contributed by atoms with van der Waals surface area (Å²) in [5.41, 5.74) is 0.904.